The predicted molar refractivity (Wildman–Crippen MR) is 141 cm³/mol. The second-order valence-corrected chi connectivity index (χ2v) is 10.5. The number of rotatable bonds is 7. The monoisotopic (exact) mass is 459 g/mol. The molecule has 0 spiro atoms. The van der Waals surface area contributed by atoms with Crippen molar-refractivity contribution in [3.05, 3.63) is 60.2 Å². The van der Waals surface area contributed by atoms with Crippen molar-refractivity contribution >= 4 is 17.3 Å². The average Bonchev–Trinajstić information content (AvgIpc) is 3.16. The molecular weight excluding hydrogens is 418 g/mol. The molecular formula is C30H41N3O. The second kappa shape index (κ2) is 10.5. The largest absolute Gasteiger partial charge is 0.339 e. The Balaban J connectivity index is 1.39. The second-order valence-electron chi connectivity index (χ2n) is 10.5. The molecule has 2 atom stereocenters. The van der Waals surface area contributed by atoms with Crippen molar-refractivity contribution in [2.45, 2.75) is 95.8 Å². The summed E-state index contributed by atoms with van der Waals surface area (Å²) in [6.07, 6.45) is 12.3. The Bertz CT molecular complexity index is 919. The molecule has 182 valence electrons. The van der Waals surface area contributed by atoms with Gasteiger partial charge in [0.2, 0.25) is 0 Å². The van der Waals surface area contributed by atoms with E-state index in [0.717, 1.165) is 36.8 Å². The minimum atomic E-state index is 0.127. The number of piperidine rings is 1. The Morgan fingerprint density at radius 1 is 0.765 bits per heavy atom. The van der Waals surface area contributed by atoms with Gasteiger partial charge in [0.25, 0.3) is 5.91 Å². The van der Waals surface area contributed by atoms with E-state index in [-0.39, 0.29) is 5.91 Å². The lowest BCUT2D eigenvalue weighted by molar-refractivity contribution is 0.0578. The van der Waals surface area contributed by atoms with Crippen LogP contribution in [0.3, 0.4) is 0 Å². The summed E-state index contributed by atoms with van der Waals surface area (Å²) in [4.78, 5) is 20.3. The van der Waals surface area contributed by atoms with Crippen LogP contribution in [0.1, 0.15) is 82.0 Å². The highest BCUT2D eigenvalue weighted by Crippen LogP contribution is 2.44. The zero-order chi connectivity index (χ0) is 23.5. The molecule has 3 aliphatic rings. The molecule has 5 rings (SSSR count). The standard InChI is InChI=1S/C30H41N3O/c1-3-31(4-2)30(34)23-15-17-26(18-16-23)32(24-11-7-5-8-12-24)29-21-27-19-20-28(22-29)33(27)25-13-9-6-10-14-25/h5,7-8,11-12,15-18,25,27-29H,3-4,6,9-10,13-14,19-22H2,1-2H3. The van der Waals surface area contributed by atoms with E-state index in [9.17, 15) is 4.79 Å². The van der Waals surface area contributed by atoms with Gasteiger partial charge in [0, 0.05) is 54.2 Å². The molecule has 1 saturated carbocycles. The van der Waals surface area contributed by atoms with Gasteiger partial charge in [0.15, 0.2) is 0 Å². The fourth-order valence-electron chi connectivity index (χ4n) is 6.99. The number of para-hydroxylation sites is 1. The van der Waals surface area contributed by atoms with Crippen LogP contribution >= 0.6 is 0 Å². The molecule has 0 N–H and O–H groups in total. The van der Waals surface area contributed by atoms with Crippen molar-refractivity contribution in [2.75, 3.05) is 18.0 Å². The van der Waals surface area contributed by atoms with Crippen molar-refractivity contribution in [3.8, 4) is 0 Å². The molecule has 0 aromatic heterocycles. The van der Waals surface area contributed by atoms with Gasteiger partial charge in [-0.15, -0.1) is 0 Å². The Morgan fingerprint density at radius 3 is 1.94 bits per heavy atom. The third-order valence-electron chi connectivity index (χ3n) is 8.60. The molecule has 4 heteroatoms. The number of anilines is 2. The van der Waals surface area contributed by atoms with Crippen LogP contribution in [-0.4, -0.2) is 53.0 Å². The first-order chi connectivity index (χ1) is 16.7. The number of benzene rings is 2. The lowest BCUT2D eigenvalue weighted by Gasteiger charge is -2.48. The van der Waals surface area contributed by atoms with Crippen molar-refractivity contribution in [3.63, 3.8) is 0 Å². The number of carbonyl (C=O) groups is 1. The van der Waals surface area contributed by atoms with Crippen LogP contribution < -0.4 is 4.90 Å². The predicted octanol–water partition coefficient (Wildman–Crippen LogP) is 6.63. The van der Waals surface area contributed by atoms with E-state index in [1.165, 1.54) is 69.2 Å². The zero-order valence-corrected chi connectivity index (χ0v) is 21.0. The molecule has 2 aromatic carbocycles. The van der Waals surface area contributed by atoms with E-state index in [1.807, 2.05) is 30.9 Å². The Labute approximate surface area is 205 Å². The molecule has 1 amide bonds. The van der Waals surface area contributed by atoms with Crippen LogP contribution in [0.25, 0.3) is 0 Å². The summed E-state index contributed by atoms with van der Waals surface area (Å²) < 4.78 is 0. The maximum absolute atomic E-state index is 12.8. The van der Waals surface area contributed by atoms with E-state index < -0.39 is 0 Å². The van der Waals surface area contributed by atoms with E-state index >= 15 is 0 Å². The molecule has 3 fully saturated rings. The van der Waals surface area contributed by atoms with Gasteiger partial charge in [-0.05, 0) is 88.8 Å². The van der Waals surface area contributed by atoms with Crippen LogP contribution in [0.4, 0.5) is 11.4 Å². The summed E-state index contributed by atoms with van der Waals surface area (Å²) in [7, 11) is 0. The zero-order valence-electron chi connectivity index (χ0n) is 21.0. The van der Waals surface area contributed by atoms with Gasteiger partial charge in [0.1, 0.15) is 0 Å². The number of hydrogen-bond donors (Lipinski definition) is 0. The molecule has 2 aromatic rings. The molecule has 0 radical (unpaired) electrons. The summed E-state index contributed by atoms with van der Waals surface area (Å²) in [5.74, 6) is 0.127. The molecule has 4 nitrogen and oxygen atoms in total. The smallest absolute Gasteiger partial charge is 0.253 e. The highest BCUT2D eigenvalue weighted by atomic mass is 16.2. The quantitative estimate of drug-likeness (QED) is 0.465. The van der Waals surface area contributed by atoms with Gasteiger partial charge < -0.3 is 9.80 Å². The Hall–Kier alpha value is -2.33. The maximum Gasteiger partial charge on any atom is 0.253 e. The Morgan fingerprint density at radius 2 is 1.35 bits per heavy atom. The molecule has 1 aliphatic carbocycles. The van der Waals surface area contributed by atoms with Crippen molar-refractivity contribution < 1.29 is 4.79 Å². The van der Waals surface area contributed by atoms with Gasteiger partial charge in [-0.3, -0.25) is 9.69 Å². The van der Waals surface area contributed by atoms with Crippen molar-refractivity contribution in [2.24, 2.45) is 0 Å². The summed E-state index contributed by atoms with van der Waals surface area (Å²) in [5.41, 5.74) is 3.26. The third kappa shape index (κ3) is 4.62. The molecule has 2 aliphatic heterocycles. The molecule has 2 unspecified atom stereocenters. The van der Waals surface area contributed by atoms with Crippen molar-refractivity contribution in [1.29, 1.82) is 0 Å². The highest BCUT2D eigenvalue weighted by molar-refractivity contribution is 5.94. The van der Waals surface area contributed by atoms with Crippen LogP contribution in [0, 0.1) is 0 Å². The number of carbonyl (C=O) groups excluding carboxylic acids is 1. The van der Waals surface area contributed by atoms with E-state index in [4.69, 9.17) is 0 Å². The highest BCUT2D eigenvalue weighted by Gasteiger charge is 2.45. The van der Waals surface area contributed by atoms with Gasteiger partial charge in [-0.1, -0.05) is 37.5 Å². The third-order valence-corrected chi connectivity index (χ3v) is 8.60. The van der Waals surface area contributed by atoms with Crippen LogP contribution in [0.15, 0.2) is 54.6 Å². The normalized spacial score (nSPS) is 25.3. The summed E-state index contributed by atoms with van der Waals surface area (Å²) in [5, 5.41) is 0. The lowest BCUT2D eigenvalue weighted by atomic mass is 9.88. The van der Waals surface area contributed by atoms with Gasteiger partial charge >= 0.3 is 0 Å². The molecule has 2 bridgehead atoms. The average molecular weight is 460 g/mol. The lowest BCUT2D eigenvalue weighted by Crippen LogP contribution is -2.53. The van der Waals surface area contributed by atoms with Crippen LogP contribution in [0.5, 0.6) is 0 Å². The first kappa shape index (κ1) is 23.4. The SMILES string of the molecule is CCN(CC)C(=O)c1ccc(N(c2ccccc2)C2CC3CCC(C2)N3C2CCCCC2)cc1. The fraction of sp³-hybridized carbons (Fsp3) is 0.567. The van der Waals surface area contributed by atoms with Crippen LogP contribution in [-0.2, 0) is 0 Å². The maximum atomic E-state index is 12.8. The van der Waals surface area contributed by atoms with Gasteiger partial charge in [0.05, 0.1) is 0 Å². The number of hydrogen-bond acceptors (Lipinski definition) is 3. The summed E-state index contributed by atoms with van der Waals surface area (Å²) >= 11 is 0. The minimum Gasteiger partial charge on any atom is -0.339 e. The minimum absolute atomic E-state index is 0.127. The molecule has 2 saturated heterocycles. The molecule has 2 heterocycles. The summed E-state index contributed by atoms with van der Waals surface area (Å²) in [6.45, 7) is 5.58. The van der Waals surface area contributed by atoms with Crippen molar-refractivity contribution in [1.82, 2.24) is 9.80 Å². The fourth-order valence-corrected chi connectivity index (χ4v) is 6.99. The van der Waals surface area contributed by atoms with Gasteiger partial charge in [-0.25, -0.2) is 0 Å². The summed E-state index contributed by atoms with van der Waals surface area (Å²) in [6, 6.07) is 22.0. The molecule has 34 heavy (non-hydrogen) atoms. The van der Waals surface area contributed by atoms with Crippen LogP contribution in [0.2, 0.25) is 0 Å². The first-order valence-electron chi connectivity index (χ1n) is 13.7. The first-order valence-corrected chi connectivity index (χ1v) is 13.7. The van der Waals surface area contributed by atoms with Gasteiger partial charge in [-0.2, -0.15) is 0 Å². The van der Waals surface area contributed by atoms with E-state index in [2.05, 4.69) is 52.3 Å². The number of fused-ring (bicyclic) bond motifs is 2. The number of nitrogens with zero attached hydrogens (tertiary/aromatic N) is 3. The number of amides is 1. The van der Waals surface area contributed by atoms with E-state index in [0.29, 0.717) is 6.04 Å². The topological polar surface area (TPSA) is 26.8 Å². The van der Waals surface area contributed by atoms with E-state index in [1.54, 1.807) is 0 Å². The Kier molecular flexibility index (Phi) is 7.24.